The molecule has 0 saturated carbocycles. The number of likely N-dealkylation sites (tertiary alicyclic amines) is 1. The SMILES string of the molecule is CC(c1ccccc1)N(C)C(=O)CN1CCCC(NS(=O)(=O)c2ccc3cc(Cl)ccc3c2)C1=O. The summed E-state index contributed by atoms with van der Waals surface area (Å²) in [7, 11) is -2.23. The molecule has 35 heavy (non-hydrogen) atoms. The molecule has 3 aromatic rings. The Morgan fingerprint density at radius 1 is 1.11 bits per heavy atom. The lowest BCUT2D eigenvalue weighted by atomic mass is 10.1. The summed E-state index contributed by atoms with van der Waals surface area (Å²) in [5, 5.41) is 2.12. The van der Waals surface area contributed by atoms with Crippen LogP contribution in [0.2, 0.25) is 5.02 Å². The Labute approximate surface area is 210 Å². The summed E-state index contributed by atoms with van der Waals surface area (Å²) < 4.78 is 28.7. The van der Waals surface area contributed by atoms with Gasteiger partial charge in [-0.25, -0.2) is 8.42 Å². The molecule has 0 bridgehead atoms. The van der Waals surface area contributed by atoms with Crippen LogP contribution in [0.4, 0.5) is 0 Å². The highest BCUT2D eigenvalue weighted by molar-refractivity contribution is 7.89. The zero-order chi connectivity index (χ0) is 25.2. The van der Waals surface area contributed by atoms with Gasteiger partial charge >= 0.3 is 0 Å². The molecule has 2 atom stereocenters. The number of fused-ring (bicyclic) bond motifs is 1. The minimum atomic E-state index is -3.94. The Kier molecular flexibility index (Phi) is 7.44. The smallest absolute Gasteiger partial charge is 0.242 e. The van der Waals surface area contributed by atoms with Crippen LogP contribution in [0.3, 0.4) is 0 Å². The summed E-state index contributed by atoms with van der Waals surface area (Å²) in [6.45, 7) is 2.24. The lowest BCUT2D eigenvalue weighted by Crippen LogP contribution is -2.54. The van der Waals surface area contributed by atoms with Crippen molar-refractivity contribution in [2.24, 2.45) is 0 Å². The van der Waals surface area contributed by atoms with Gasteiger partial charge in [-0.05, 0) is 60.4 Å². The normalized spacial score (nSPS) is 17.4. The highest BCUT2D eigenvalue weighted by atomic mass is 35.5. The first-order chi connectivity index (χ1) is 16.7. The van der Waals surface area contributed by atoms with E-state index in [4.69, 9.17) is 11.6 Å². The third kappa shape index (κ3) is 5.66. The van der Waals surface area contributed by atoms with E-state index in [0.29, 0.717) is 24.4 Å². The minimum Gasteiger partial charge on any atom is -0.337 e. The Hall–Kier alpha value is -2.94. The van der Waals surface area contributed by atoms with Crippen molar-refractivity contribution < 1.29 is 18.0 Å². The average molecular weight is 514 g/mol. The maximum Gasteiger partial charge on any atom is 0.242 e. The van der Waals surface area contributed by atoms with Gasteiger partial charge in [0.2, 0.25) is 21.8 Å². The molecule has 184 valence electrons. The zero-order valence-electron chi connectivity index (χ0n) is 19.6. The van der Waals surface area contributed by atoms with Gasteiger partial charge in [-0.3, -0.25) is 9.59 Å². The molecular formula is C26H28ClN3O4S. The number of rotatable bonds is 7. The number of hydrogen-bond acceptors (Lipinski definition) is 4. The van der Waals surface area contributed by atoms with E-state index in [9.17, 15) is 18.0 Å². The van der Waals surface area contributed by atoms with Crippen molar-refractivity contribution in [1.82, 2.24) is 14.5 Å². The fourth-order valence-corrected chi connectivity index (χ4v) is 5.71. The van der Waals surface area contributed by atoms with Crippen molar-refractivity contribution in [1.29, 1.82) is 0 Å². The number of nitrogens with zero attached hydrogens (tertiary/aromatic N) is 2. The molecule has 4 rings (SSSR count). The van der Waals surface area contributed by atoms with Gasteiger partial charge in [0.15, 0.2) is 0 Å². The largest absolute Gasteiger partial charge is 0.337 e. The van der Waals surface area contributed by atoms with Crippen molar-refractivity contribution in [2.75, 3.05) is 20.1 Å². The summed E-state index contributed by atoms with van der Waals surface area (Å²) >= 11 is 6.01. The molecule has 0 spiro atoms. The van der Waals surface area contributed by atoms with Gasteiger partial charge in [-0.15, -0.1) is 0 Å². The molecule has 1 N–H and O–H groups in total. The van der Waals surface area contributed by atoms with Gasteiger partial charge in [0.1, 0.15) is 6.04 Å². The number of amides is 2. The topological polar surface area (TPSA) is 86.8 Å². The lowest BCUT2D eigenvalue weighted by molar-refractivity contribution is -0.143. The third-order valence-corrected chi connectivity index (χ3v) is 8.20. The van der Waals surface area contributed by atoms with Crippen LogP contribution < -0.4 is 4.72 Å². The fourth-order valence-electron chi connectivity index (χ4n) is 4.27. The van der Waals surface area contributed by atoms with Crippen molar-refractivity contribution in [3.8, 4) is 0 Å². The number of likely N-dealkylation sites (N-methyl/N-ethyl adjacent to an activating group) is 1. The quantitative estimate of drug-likeness (QED) is 0.517. The number of sulfonamides is 1. The Balaban J connectivity index is 1.44. The second-order valence-corrected chi connectivity index (χ2v) is 11.0. The molecule has 0 aromatic heterocycles. The van der Waals surface area contributed by atoms with Crippen molar-refractivity contribution in [2.45, 2.75) is 36.7 Å². The van der Waals surface area contributed by atoms with Crippen LogP contribution in [0, 0.1) is 0 Å². The van der Waals surface area contributed by atoms with E-state index in [1.165, 1.54) is 11.0 Å². The highest BCUT2D eigenvalue weighted by Crippen LogP contribution is 2.24. The second-order valence-electron chi connectivity index (χ2n) is 8.82. The summed E-state index contributed by atoms with van der Waals surface area (Å²) in [6, 6.07) is 18.5. The average Bonchev–Trinajstić information content (AvgIpc) is 2.85. The van der Waals surface area contributed by atoms with Crippen LogP contribution in [-0.2, 0) is 19.6 Å². The van der Waals surface area contributed by atoms with Crippen LogP contribution in [0.25, 0.3) is 10.8 Å². The molecular weight excluding hydrogens is 486 g/mol. The van der Waals surface area contributed by atoms with Gasteiger partial charge in [0.05, 0.1) is 17.5 Å². The van der Waals surface area contributed by atoms with Gasteiger partial charge in [0, 0.05) is 18.6 Å². The summed E-state index contributed by atoms with van der Waals surface area (Å²) in [6.07, 6.45) is 0.975. The van der Waals surface area contributed by atoms with E-state index in [-0.39, 0.29) is 29.3 Å². The monoisotopic (exact) mass is 513 g/mol. The molecule has 9 heteroatoms. The molecule has 0 radical (unpaired) electrons. The van der Waals surface area contributed by atoms with Gasteiger partial charge in [-0.1, -0.05) is 54.1 Å². The molecule has 7 nitrogen and oxygen atoms in total. The predicted octanol–water partition coefficient (Wildman–Crippen LogP) is 3.98. The number of carbonyl (C=O) groups excluding carboxylic acids is 2. The van der Waals surface area contributed by atoms with Crippen LogP contribution >= 0.6 is 11.6 Å². The van der Waals surface area contributed by atoms with Crippen LogP contribution in [0.15, 0.2) is 71.6 Å². The van der Waals surface area contributed by atoms with E-state index >= 15 is 0 Å². The molecule has 3 aromatic carbocycles. The second kappa shape index (κ2) is 10.4. The van der Waals surface area contributed by atoms with E-state index in [2.05, 4.69) is 4.72 Å². The van der Waals surface area contributed by atoms with E-state index in [1.807, 2.05) is 37.3 Å². The van der Waals surface area contributed by atoms with Gasteiger partial charge in [0.25, 0.3) is 0 Å². The zero-order valence-corrected chi connectivity index (χ0v) is 21.2. The Morgan fingerprint density at radius 2 is 1.80 bits per heavy atom. The van der Waals surface area contributed by atoms with Gasteiger partial charge < -0.3 is 9.80 Å². The standard InChI is InChI=1S/C26H28ClN3O4S/c1-18(19-7-4-3-5-8-19)29(2)25(31)17-30-14-6-9-24(26(30)32)28-35(33,34)23-13-11-20-15-22(27)12-10-21(20)16-23/h3-5,7-8,10-13,15-16,18,24,28H,6,9,14,17H2,1-2H3. The summed E-state index contributed by atoms with van der Waals surface area (Å²) in [5.74, 6) is -0.590. The molecule has 1 aliphatic heterocycles. The maximum atomic E-state index is 13.1. The third-order valence-electron chi connectivity index (χ3n) is 6.49. The van der Waals surface area contributed by atoms with E-state index < -0.39 is 16.1 Å². The first kappa shape index (κ1) is 25.2. The Bertz CT molecular complexity index is 1350. The predicted molar refractivity (Wildman–Crippen MR) is 137 cm³/mol. The van der Waals surface area contributed by atoms with E-state index in [0.717, 1.165) is 16.3 Å². The molecule has 1 fully saturated rings. The number of benzene rings is 3. The molecule has 0 aliphatic carbocycles. The Morgan fingerprint density at radius 3 is 2.54 bits per heavy atom. The fraction of sp³-hybridized carbons (Fsp3) is 0.308. The summed E-state index contributed by atoms with van der Waals surface area (Å²) in [4.78, 5) is 29.1. The molecule has 1 saturated heterocycles. The number of piperidine rings is 1. The van der Waals surface area contributed by atoms with Crippen LogP contribution in [-0.4, -0.2) is 56.2 Å². The van der Waals surface area contributed by atoms with Crippen molar-refractivity contribution >= 4 is 44.2 Å². The van der Waals surface area contributed by atoms with Crippen molar-refractivity contribution in [3.63, 3.8) is 0 Å². The molecule has 1 heterocycles. The van der Waals surface area contributed by atoms with E-state index in [1.54, 1.807) is 42.3 Å². The number of halogens is 1. The number of hydrogen-bond donors (Lipinski definition) is 1. The first-order valence-electron chi connectivity index (χ1n) is 11.5. The van der Waals surface area contributed by atoms with Crippen molar-refractivity contribution in [3.05, 3.63) is 77.3 Å². The maximum absolute atomic E-state index is 13.1. The number of carbonyl (C=O) groups is 2. The highest BCUT2D eigenvalue weighted by Gasteiger charge is 2.34. The molecule has 2 unspecified atom stereocenters. The molecule has 2 amide bonds. The first-order valence-corrected chi connectivity index (χ1v) is 13.3. The van der Waals surface area contributed by atoms with Crippen LogP contribution in [0.5, 0.6) is 0 Å². The number of nitrogens with one attached hydrogen (secondary N) is 1. The van der Waals surface area contributed by atoms with Gasteiger partial charge in [-0.2, -0.15) is 4.72 Å². The summed E-state index contributed by atoms with van der Waals surface area (Å²) in [5.41, 5.74) is 0.997. The molecule has 1 aliphatic rings. The lowest BCUT2D eigenvalue weighted by Gasteiger charge is -2.34. The minimum absolute atomic E-state index is 0.0738. The van der Waals surface area contributed by atoms with Crippen LogP contribution in [0.1, 0.15) is 31.4 Å².